The molecule has 0 unspecified atom stereocenters. The van der Waals surface area contributed by atoms with Gasteiger partial charge in [-0.15, -0.1) is 0 Å². The van der Waals surface area contributed by atoms with Crippen LogP contribution in [-0.4, -0.2) is 0 Å². The number of halogens is 10. The number of benzene rings is 4. The second-order valence-electron chi connectivity index (χ2n) is 7.67. The molecule has 4 aromatic carbocycles. The molecule has 0 spiro atoms. The first-order chi connectivity index (χ1) is 16.5. The minimum absolute atomic E-state index is 0.0608. The van der Waals surface area contributed by atoms with Crippen LogP contribution in [0.4, 0.5) is 43.9 Å². The molecule has 0 saturated heterocycles. The molecule has 0 bridgehead atoms. The van der Waals surface area contributed by atoms with E-state index in [0.717, 1.165) is 6.07 Å². The molecule has 1 radical (unpaired) electrons. The van der Waals surface area contributed by atoms with Crippen LogP contribution in [0.15, 0.2) is 30.3 Å². The Morgan fingerprint density at radius 1 is 0.486 bits per heavy atom. The summed E-state index contributed by atoms with van der Waals surface area (Å²) in [5.41, 5.74) is -3.89. The van der Waals surface area contributed by atoms with E-state index < -0.39 is 80.4 Å². The van der Waals surface area contributed by atoms with Gasteiger partial charge in [0.25, 0.3) is 0 Å². The smallest absolute Gasteiger partial charge is 0.200 e. The van der Waals surface area contributed by atoms with Crippen molar-refractivity contribution in [1.82, 2.24) is 0 Å². The molecule has 10 heteroatoms. The summed E-state index contributed by atoms with van der Waals surface area (Å²) in [4.78, 5) is 0. The van der Waals surface area contributed by atoms with Crippen molar-refractivity contribution in [2.75, 3.05) is 0 Å². The Labute approximate surface area is 190 Å². The fourth-order valence-corrected chi connectivity index (χ4v) is 4.16. The number of rotatable bonds is 2. The average Bonchev–Trinajstić information content (AvgIpc) is 3.21. The second kappa shape index (κ2) is 7.86. The van der Waals surface area contributed by atoms with E-state index in [1.165, 1.54) is 0 Å². The molecule has 0 N–H and O–H groups in total. The van der Waals surface area contributed by atoms with E-state index in [0.29, 0.717) is 11.1 Å². The Morgan fingerprint density at radius 3 is 1.49 bits per heavy atom. The SMILES string of the molecule is Fc1c(F)c(F)c(-c2[c]c3c(cc2-c2c(F)c(F)c(F)c(F)c2F)-c2ccccc2C3)c(F)c1F. The van der Waals surface area contributed by atoms with E-state index in [1.807, 2.05) is 0 Å². The lowest BCUT2D eigenvalue weighted by atomic mass is 9.88. The fourth-order valence-electron chi connectivity index (χ4n) is 4.16. The highest BCUT2D eigenvalue weighted by molar-refractivity contribution is 5.91. The van der Waals surface area contributed by atoms with Crippen LogP contribution in [0.25, 0.3) is 33.4 Å². The monoisotopic (exact) mass is 497 g/mol. The molecule has 5 rings (SSSR count). The van der Waals surface area contributed by atoms with Crippen LogP contribution in [0.2, 0.25) is 0 Å². The van der Waals surface area contributed by atoms with Gasteiger partial charge in [0.05, 0.1) is 11.1 Å². The van der Waals surface area contributed by atoms with E-state index in [4.69, 9.17) is 0 Å². The Bertz CT molecular complexity index is 1510. The fraction of sp³-hybridized carbons (Fsp3) is 0.0400. The van der Waals surface area contributed by atoms with Gasteiger partial charge < -0.3 is 0 Å². The third-order valence-electron chi connectivity index (χ3n) is 5.77. The lowest BCUT2D eigenvalue weighted by Gasteiger charge is -2.17. The van der Waals surface area contributed by atoms with E-state index in [1.54, 1.807) is 24.3 Å². The summed E-state index contributed by atoms with van der Waals surface area (Å²) in [5, 5.41) is 0. The maximum atomic E-state index is 14.7. The molecule has 0 amide bonds. The van der Waals surface area contributed by atoms with Crippen molar-refractivity contribution >= 4 is 0 Å². The van der Waals surface area contributed by atoms with Crippen LogP contribution < -0.4 is 0 Å². The molecule has 0 aliphatic heterocycles. The summed E-state index contributed by atoms with van der Waals surface area (Å²) in [6.45, 7) is 0. The summed E-state index contributed by atoms with van der Waals surface area (Å²) in [6, 6.07) is 9.72. The quantitative estimate of drug-likeness (QED) is 0.133. The van der Waals surface area contributed by atoms with Crippen molar-refractivity contribution in [2.45, 2.75) is 6.42 Å². The zero-order valence-corrected chi connectivity index (χ0v) is 16.9. The molecule has 0 nitrogen and oxygen atoms in total. The first-order valence-electron chi connectivity index (χ1n) is 9.75. The first-order valence-corrected chi connectivity index (χ1v) is 9.75. The van der Waals surface area contributed by atoms with E-state index in [9.17, 15) is 43.9 Å². The van der Waals surface area contributed by atoms with E-state index in [2.05, 4.69) is 6.07 Å². The van der Waals surface area contributed by atoms with Crippen LogP contribution in [-0.2, 0) is 6.42 Å². The zero-order chi connectivity index (χ0) is 25.3. The standard InChI is InChI=1S/C25H7F10/c26-16-14(17(27)21(31)24(34)20(16)30)12-6-9-5-8-3-1-2-4-10(8)11(9)7-13(12)15-18(28)22(32)25(35)23(33)19(15)29/h1-4,7H,5H2. The van der Waals surface area contributed by atoms with Crippen LogP contribution >= 0.6 is 0 Å². The summed E-state index contributed by atoms with van der Waals surface area (Å²) < 4.78 is 142. The Morgan fingerprint density at radius 2 is 0.943 bits per heavy atom. The van der Waals surface area contributed by atoms with Gasteiger partial charge in [-0.25, -0.2) is 43.9 Å². The van der Waals surface area contributed by atoms with Gasteiger partial charge in [-0.2, -0.15) is 0 Å². The van der Waals surface area contributed by atoms with Gasteiger partial charge in [0.1, 0.15) is 0 Å². The third-order valence-corrected chi connectivity index (χ3v) is 5.77. The summed E-state index contributed by atoms with van der Waals surface area (Å²) in [7, 11) is 0. The van der Waals surface area contributed by atoms with Crippen molar-refractivity contribution < 1.29 is 43.9 Å². The van der Waals surface area contributed by atoms with Crippen molar-refractivity contribution in [3.8, 4) is 33.4 Å². The molecular weight excluding hydrogens is 490 g/mol. The highest BCUT2D eigenvalue weighted by Crippen LogP contribution is 2.46. The Balaban J connectivity index is 1.95. The van der Waals surface area contributed by atoms with Crippen molar-refractivity contribution in [3.05, 3.63) is 106 Å². The number of hydrogen-bond donors (Lipinski definition) is 0. The highest BCUT2D eigenvalue weighted by atomic mass is 19.2. The van der Waals surface area contributed by atoms with Gasteiger partial charge in [0.15, 0.2) is 46.5 Å². The maximum Gasteiger partial charge on any atom is 0.200 e. The number of hydrogen-bond acceptors (Lipinski definition) is 0. The highest BCUT2D eigenvalue weighted by Gasteiger charge is 2.34. The molecule has 0 fully saturated rings. The van der Waals surface area contributed by atoms with Crippen molar-refractivity contribution in [3.63, 3.8) is 0 Å². The zero-order valence-electron chi connectivity index (χ0n) is 16.9. The summed E-state index contributed by atoms with van der Waals surface area (Å²) in [5.74, 6) is -23.9. The summed E-state index contributed by atoms with van der Waals surface area (Å²) >= 11 is 0. The van der Waals surface area contributed by atoms with Crippen LogP contribution in [0.1, 0.15) is 11.1 Å². The normalized spacial score (nSPS) is 12.2. The third kappa shape index (κ3) is 3.15. The molecule has 0 heterocycles. The first kappa shape index (κ1) is 22.9. The molecule has 177 valence electrons. The van der Waals surface area contributed by atoms with Gasteiger partial charge in [-0.3, -0.25) is 0 Å². The van der Waals surface area contributed by atoms with E-state index >= 15 is 0 Å². The molecule has 35 heavy (non-hydrogen) atoms. The Kier molecular flexibility index (Phi) is 5.15. The molecule has 1 aliphatic carbocycles. The molecular formula is C25H7F10. The predicted molar refractivity (Wildman–Crippen MR) is 104 cm³/mol. The molecule has 0 aromatic heterocycles. The largest absolute Gasteiger partial charge is 0.203 e. The molecule has 0 atom stereocenters. The lowest BCUT2D eigenvalue weighted by Crippen LogP contribution is -2.08. The minimum Gasteiger partial charge on any atom is -0.203 e. The minimum atomic E-state index is -2.49. The van der Waals surface area contributed by atoms with Crippen molar-refractivity contribution in [1.29, 1.82) is 0 Å². The van der Waals surface area contributed by atoms with Crippen LogP contribution in [0.5, 0.6) is 0 Å². The van der Waals surface area contributed by atoms with Gasteiger partial charge in [0.2, 0.25) is 11.6 Å². The van der Waals surface area contributed by atoms with Crippen LogP contribution in [0.3, 0.4) is 0 Å². The molecule has 4 aromatic rings. The molecule has 1 aliphatic rings. The lowest BCUT2D eigenvalue weighted by molar-refractivity contribution is 0.380. The average molecular weight is 497 g/mol. The summed E-state index contributed by atoms with van der Waals surface area (Å²) in [6.07, 6.45) is 0.0608. The maximum absolute atomic E-state index is 14.7. The van der Waals surface area contributed by atoms with Crippen molar-refractivity contribution in [2.24, 2.45) is 0 Å². The second-order valence-corrected chi connectivity index (χ2v) is 7.67. The van der Waals surface area contributed by atoms with E-state index in [-0.39, 0.29) is 17.5 Å². The number of fused-ring (bicyclic) bond motifs is 3. The van der Waals surface area contributed by atoms with Gasteiger partial charge >= 0.3 is 0 Å². The predicted octanol–water partition coefficient (Wildman–Crippen LogP) is 7.78. The Hall–Kier alpha value is -3.82. The van der Waals surface area contributed by atoms with Gasteiger partial charge in [-0.1, -0.05) is 24.3 Å². The molecule has 0 saturated carbocycles. The van der Waals surface area contributed by atoms with Crippen LogP contribution in [0, 0.1) is 64.2 Å². The van der Waals surface area contributed by atoms with Gasteiger partial charge in [0, 0.05) is 5.56 Å². The topological polar surface area (TPSA) is 0 Å². The van der Waals surface area contributed by atoms with Gasteiger partial charge in [-0.05, 0) is 46.4 Å².